The van der Waals surface area contributed by atoms with E-state index in [0.717, 1.165) is 5.75 Å². The second-order valence-corrected chi connectivity index (χ2v) is 7.38. The van der Waals surface area contributed by atoms with Gasteiger partial charge in [-0.2, -0.15) is 0 Å². The van der Waals surface area contributed by atoms with Gasteiger partial charge in [0, 0.05) is 28.8 Å². The SMILES string of the molecule is COC(C)Oc1ccc([S+]2CCCC2)c2ccccc12. The van der Waals surface area contributed by atoms with Crippen molar-refractivity contribution in [2.24, 2.45) is 0 Å². The van der Waals surface area contributed by atoms with E-state index >= 15 is 0 Å². The molecule has 0 saturated carbocycles. The Hall–Kier alpha value is -1.19. The van der Waals surface area contributed by atoms with Crippen LogP contribution in [0.3, 0.4) is 0 Å². The third-order valence-corrected chi connectivity index (χ3v) is 6.35. The quantitative estimate of drug-likeness (QED) is 0.626. The van der Waals surface area contributed by atoms with E-state index in [1.165, 1.54) is 40.0 Å². The Morgan fingerprint density at radius 1 is 1.00 bits per heavy atom. The summed E-state index contributed by atoms with van der Waals surface area (Å²) in [5, 5.41) is 2.55. The normalized spacial score (nSPS) is 17.5. The monoisotopic (exact) mass is 289 g/mol. The lowest BCUT2D eigenvalue weighted by Crippen LogP contribution is -2.14. The van der Waals surface area contributed by atoms with Crippen molar-refractivity contribution in [3.8, 4) is 5.75 Å². The van der Waals surface area contributed by atoms with Crippen molar-refractivity contribution >= 4 is 21.7 Å². The largest absolute Gasteiger partial charge is 0.465 e. The maximum Gasteiger partial charge on any atom is 0.196 e. The molecule has 1 saturated heterocycles. The Morgan fingerprint density at radius 3 is 2.40 bits per heavy atom. The Labute approximate surface area is 123 Å². The number of ether oxygens (including phenoxy) is 2. The fourth-order valence-electron chi connectivity index (χ4n) is 2.70. The minimum absolute atomic E-state index is 0.224. The van der Waals surface area contributed by atoms with E-state index in [2.05, 4.69) is 36.4 Å². The van der Waals surface area contributed by atoms with Crippen molar-refractivity contribution in [3.05, 3.63) is 36.4 Å². The van der Waals surface area contributed by atoms with Gasteiger partial charge in [0.05, 0.1) is 0 Å². The molecule has 0 spiro atoms. The van der Waals surface area contributed by atoms with Gasteiger partial charge < -0.3 is 9.47 Å². The van der Waals surface area contributed by atoms with Crippen LogP contribution in [0.25, 0.3) is 10.8 Å². The molecule has 0 radical (unpaired) electrons. The van der Waals surface area contributed by atoms with Crippen molar-refractivity contribution in [3.63, 3.8) is 0 Å². The number of methoxy groups -OCH3 is 1. The van der Waals surface area contributed by atoms with E-state index in [9.17, 15) is 0 Å². The molecular weight excluding hydrogens is 268 g/mol. The first-order chi connectivity index (χ1) is 9.79. The van der Waals surface area contributed by atoms with Crippen LogP contribution < -0.4 is 4.74 Å². The standard InChI is InChI=1S/C17H21O2S/c1-13(18-2)19-16-9-10-17(20-11-5-6-12-20)15-8-4-3-7-14(15)16/h3-4,7-10,13H,5-6,11-12H2,1-2H3/q+1. The summed E-state index contributed by atoms with van der Waals surface area (Å²) in [7, 11) is 2.09. The molecule has 0 N–H and O–H groups in total. The lowest BCUT2D eigenvalue weighted by molar-refractivity contribution is -0.0373. The van der Waals surface area contributed by atoms with Crippen molar-refractivity contribution in [2.75, 3.05) is 18.6 Å². The van der Waals surface area contributed by atoms with E-state index in [4.69, 9.17) is 9.47 Å². The molecule has 3 heteroatoms. The Bertz CT molecular complexity index is 591. The van der Waals surface area contributed by atoms with Crippen molar-refractivity contribution in [1.29, 1.82) is 0 Å². The minimum atomic E-state index is -0.224. The summed E-state index contributed by atoms with van der Waals surface area (Å²) in [5.74, 6) is 3.61. The average Bonchev–Trinajstić information content (AvgIpc) is 3.01. The first-order valence-corrected chi connectivity index (χ1v) is 8.74. The maximum atomic E-state index is 5.88. The second-order valence-electron chi connectivity index (χ2n) is 5.14. The molecule has 1 fully saturated rings. The molecule has 0 aromatic heterocycles. The molecule has 3 rings (SSSR count). The lowest BCUT2D eigenvalue weighted by atomic mass is 10.1. The van der Waals surface area contributed by atoms with Crippen molar-refractivity contribution in [2.45, 2.75) is 31.0 Å². The molecule has 2 nitrogen and oxygen atoms in total. The molecule has 106 valence electrons. The Kier molecular flexibility index (Phi) is 4.18. The van der Waals surface area contributed by atoms with Gasteiger partial charge in [-0.05, 0) is 38.0 Å². The zero-order valence-corrected chi connectivity index (χ0v) is 12.9. The summed E-state index contributed by atoms with van der Waals surface area (Å²) in [6.07, 6.45) is 2.52. The Morgan fingerprint density at radius 2 is 1.70 bits per heavy atom. The van der Waals surface area contributed by atoms with Crippen LogP contribution in [0.2, 0.25) is 0 Å². The molecule has 0 aliphatic carbocycles. The molecule has 2 aromatic rings. The fourth-order valence-corrected chi connectivity index (χ4v) is 5.20. The van der Waals surface area contributed by atoms with E-state index in [1.54, 1.807) is 7.11 Å². The number of hydrogen-bond donors (Lipinski definition) is 0. The predicted molar refractivity (Wildman–Crippen MR) is 85.6 cm³/mol. The molecule has 1 heterocycles. The van der Waals surface area contributed by atoms with Crippen LogP contribution in [0.1, 0.15) is 19.8 Å². The third kappa shape index (κ3) is 2.65. The van der Waals surface area contributed by atoms with Crippen molar-refractivity contribution in [1.82, 2.24) is 0 Å². The molecule has 20 heavy (non-hydrogen) atoms. The van der Waals surface area contributed by atoms with Crippen LogP contribution >= 0.6 is 0 Å². The molecule has 1 aliphatic heterocycles. The van der Waals surface area contributed by atoms with Crippen LogP contribution in [-0.2, 0) is 15.6 Å². The number of hydrogen-bond acceptors (Lipinski definition) is 2. The number of rotatable bonds is 4. The smallest absolute Gasteiger partial charge is 0.196 e. The number of benzene rings is 2. The van der Waals surface area contributed by atoms with Crippen LogP contribution in [0.5, 0.6) is 5.75 Å². The molecule has 1 unspecified atom stereocenters. The van der Waals surface area contributed by atoms with E-state index in [0.29, 0.717) is 10.9 Å². The topological polar surface area (TPSA) is 18.5 Å². The highest BCUT2D eigenvalue weighted by Gasteiger charge is 2.29. The zero-order valence-electron chi connectivity index (χ0n) is 12.1. The zero-order chi connectivity index (χ0) is 13.9. The van der Waals surface area contributed by atoms with Crippen LogP contribution in [0.15, 0.2) is 41.3 Å². The molecule has 0 amide bonds. The van der Waals surface area contributed by atoms with E-state index < -0.39 is 0 Å². The first kappa shape index (κ1) is 13.8. The molecular formula is C17H21O2S+. The molecule has 2 aromatic carbocycles. The van der Waals surface area contributed by atoms with Gasteiger partial charge in [0.15, 0.2) is 11.2 Å². The highest BCUT2D eigenvalue weighted by molar-refractivity contribution is 7.97. The predicted octanol–water partition coefficient (Wildman–Crippen LogP) is 3.98. The summed E-state index contributed by atoms with van der Waals surface area (Å²) in [6, 6.07) is 12.9. The van der Waals surface area contributed by atoms with Crippen LogP contribution in [0.4, 0.5) is 0 Å². The second kappa shape index (κ2) is 6.06. The molecule has 1 aliphatic rings. The van der Waals surface area contributed by atoms with Crippen LogP contribution in [-0.4, -0.2) is 24.9 Å². The Balaban J connectivity index is 2.04. The average molecular weight is 289 g/mol. The van der Waals surface area contributed by atoms with E-state index in [-0.39, 0.29) is 6.29 Å². The van der Waals surface area contributed by atoms with Gasteiger partial charge >= 0.3 is 0 Å². The molecule has 0 bridgehead atoms. The van der Waals surface area contributed by atoms with Gasteiger partial charge in [0.1, 0.15) is 17.3 Å². The fraction of sp³-hybridized carbons (Fsp3) is 0.412. The molecule has 1 atom stereocenters. The van der Waals surface area contributed by atoms with Gasteiger partial charge in [-0.3, -0.25) is 0 Å². The summed E-state index contributed by atoms with van der Waals surface area (Å²) in [4.78, 5) is 1.51. The van der Waals surface area contributed by atoms with Gasteiger partial charge in [-0.1, -0.05) is 18.2 Å². The third-order valence-electron chi connectivity index (χ3n) is 3.81. The van der Waals surface area contributed by atoms with Gasteiger partial charge in [-0.15, -0.1) is 0 Å². The highest BCUT2D eigenvalue weighted by Crippen LogP contribution is 2.35. The van der Waals surface area contributed by atoms with E-state index in [1.807, 2.05) is 6.92 Å². The maximum absolute atomic E-state index is 5.88. The minimum Gasteiger partial charge on any atom is -0.465 e. The first-order valence-electron chi connectivity index (χ1n) is 7.18. The summed E-state index contributed by atoms with van der Waals surface area (Å²) in [6.45, 7) is 1.92. The van der Waals surface area contributed by atoms with Gasteiger partial charge in [0.25, 0.3) is 0 Å². The van der Waals surface area contributed by atoms with Crippen LogP contribution in [0, 0.1) is 0 Å². The summed E-state index contributed by atoms with van der Waals surface area (Å²) >= 11 is 0. The van der Waals surface area contributed by atoms with Gasteiger partial charge in [-0.25, -0.2) is 0 Å². The highest BCUT2D eigenvalue weighted by atomic mass is 32.2. The lowest BCUT2D eigenvalue weighted by Gasteiger charge is -2.15. The summed E-state index contributed by atoms with van der Waals surface area (Å²) < 4.78 is 11.1. The van der Waals surface area contributed by atoms with Gasteiger partial charge in [0.2, 0.25) is 0 Å². The summed E-state index contributed by atoms with van der Waals surface area (Å²) in [5.41, 5.74) is 0. The number of fused-ring (bicyclic) bond motifs is 1. The van der Waals surface area contributed by atoms with Crippen molar-refractivity contribution < 1.29 is 9.47 Å².